The van der Waals surface area contributed by atoms with Gasteiger partial charge in [0, 0.05) is 24.2 Å². The molecule has 1 aromatic carbocycles. The molecule has 0 bridgehead atoms. The lowest BCUT2D eigenvalue weighted by Crippen LogP contribution is -2.32. The lowest BCUT2D eigenvalue weighted by Gasteiger charge is -2.14. The van der Waals surface area contributed by atoms with E-state index in [0.717, 1.165) is 11.4 Å². The lowest BCUT2D eigenvalue weighted by atomic mass is 10.1. The third kappa shape index (κ3) is 4.24. The highest BCUT2D eigenvalue weighted by atomic mass is 35.5. The molecule has 23 heavy (non-hydrogen) atoms. The average Bonchev–Trinajstić information content (AvgIpc) is 2.76. The van der Waals surface area contributed by atoms with Crippen molar-refractivity contribution >= 4 is 17.5 Å². The number of benzene rings is 1. The van der Waals surface area contributed by atoms with Gasteiger partial charge in [-0.2, -0.15) is 5.10 Å². The van der Waals surface area contributed by atoms with Crippen molar-refractivity contribution in [2.45, 2.75) is 20.0 Å². The number of hydrogen-bond donors (Lipinski definition) is 2. The van der Waals surface area contributed by atoms with Crippen molar-refractivity contribution in [3.05, 3.63) is 46.2 Å². The highest BCUT2D eigenvalue weighted by molar-refractivity contribution is 6.31. The van der Waals surface area contributed by atoms with E-state index in [4.69, 9.17) is 16.3 Å². The lowest BCUT2D eigenvalue weighted by molar-refractivity contribution is -0.123. The number of aliphatic hydroxyl groups is 1. The van der Waals surface area contributed by atoms with Crippen molar-refractivity contribution < 1.29 is 14.6 Å². The van der Waals surface area contributed by atoms with E-state index in [2.05, 4.69) is 10.4 Å². The van der Waals surface area contributed by atoms with Gasteiger partial charge in [-0.05, 0) is 19.9 Å². The smallest absolute Gasteiger partial charge is 0.258 e. The fraction of sp³-hybridized carbons (Fsp3) is 0.375. The molecule has 7 heteroatoms. The van der Waals surface area contributed by atoms with Crippen LogP contribution in [0.15, 0.2) is 24.3 Å². The van der Waals surface area contributed by atoms with Gasteiger partial charge < -0.3 is 15.2 Å². The van der Waals surface area contributed by atoms with Crippen molar-refractivity contribution in [2.75, 3.05) is 13.2 Å². The second-order valence-corrected chi connectivity index (χ2v) is 5.66. The molecular formula is C16H20ClN3O3. The van der Waals surface area contributed by atoms with Gasteiger partial charge in [-0.25, -0.2) is 0 Å². The molecule has 0 fully saturated rings. The third-order valence-corrected chi connectivity index (χ3v) is 3.89. The molecule has 0 saturated heterocycles. The number of amides is 1. The Hall–Kier alpha value is -2.05. The number of nitrogens with zero attached hydrogens (tertiary/aromatic N) is 2. The Balaban J connectivity index is 1.85. The van der Waals surface area contributed by atoms with Crippen molar-refractivity contribution in [3.8, 4) is 5.75 Å². The molecule has 1 atom stereocenters. The second-order valence-electron chi connectivity index (χ2n) is 5.25. The predicted molar refractivity (Wildman–Crippen MR) is 87.6 cm³/mol. The zero-order valence-corrected chi connectivity index (χ0v) is 14.1. The molecule has 0 saturated carbocycles. The highest BCUT2D eigenvalue weighted by Crippen LogP contribution is 2.22. The Morgan fingerprint density at radius 1 is 1.43 bits per heavy atom. The van der Waals surface area contributed by atoms with Crippen LogP contribution in [0.3, 0.4) is 0 Å². The molecule has 6 nitrogen and oxygen atoms in total. The van der Waals surface area contributed by atoms with Crippen molar-refractivity contribution in [1.82, 2.24) is 15.1 Å². The normalized spacial score (nSPS) is 12.0. The molecule has 0 aliphatic heterocycles. The summed E-state index contributed by atoms with van der Waals surface area (Å²) < 4.78 is 7.21. The summed E-state index contributed by atoms with van der Waals surface area (Å²) >= 11 is 6.01. The fourth-order valence-corrected chi connectivity index (χ4v) is 2.48. The van der Waals surface area contributed by atoms with Gasteiger partial charge in [-0.1, -0.05) is 29.8 Å². The predicted octanol–water partition coefficient (Wildman–Crippen LogP) is 1.92. The van der Waals surface area contributed by atoms with Crippen LogP contribution in [0, 0.1) is 13.8 Å². The quantitative estimate of drug-likeness (QED) is 0.844. The molecule has 1 amide bonds. The Morgan fingerprint density at radius 2 is 2.13 bits per heavy atom. The number of carbonyl (C=O) groups excluding carboxylic acids is 1. The zero-order chi connectivity index (χ0) is 17.0. The Bertz CT molecular complexity index is 700. The maximum atomic E-state index is 11.9. The first-order valence-corrected chi connectivity index (χ1v) is 7.60. The molecule has 1 heterocycles. The second kappa shape index (κ2) is 7.48. The van der Waals surface area contributed by atoms with Crippen LogP contribution in [0.4, 0.5) is 0 Å². The van der Waals surface area contributed by atoms with E-state index in [1.165, 1.54) is 0 Å². The van der Waals surface area contributed by atoms with Crippen molar-refractivity contribution in [3.63, 3.8) is 0 Å². The summed E-state index contributed by atoms with van der Waals surface area (Å²) in [6, 6.07) is 6.98. The molecule has 0 spiro atoms. The minimum absolute atomic E-state index is 0.0664. The summed E-state index contributed by atoms with van der Waals surface area (Å²) in [4.78, 5) is 11.9. The number of aryl methyl sites for hydroxylation is 2. The van der Waals surface area contributed by atoms with Gasteiger partial charge in [0.1, 0.15) is 5.69 Å². The highest BCUT2D eigenvalue weighted by Gasteiger charge is 2.15. The minimum Gasteiger partial charge on any atom is -0.480 e. The number of nitrogens with one attached hydrogen (secondary N) is 1. The monoisotopic (exact) mass is 337 g/mol. The van der Waals surface area contributed by atoms with Crippen molar-refractivity contribution in [2.24, 2.45) is 7.05 Å². The van der Waals surface area contributed by atoms with Crippen LogP contribution in [0.2, 0.25) is 5.02 Å². The number of hydrogen-bond acceptors (Lipinski definition) is 4. The van der Waals surface area contributed by atoms with E-state index < -0.39 is 6.10 Å². The van der Waals surface area contributed by atoms with E-state index in [-0.39, 0.29) is 19.1 Å². The largest absolute Gasteiger partial charge is 0.480 e. The number of aliphatic hydroxyl groups excluding tert-OH is 1. The van der Waals surface area contributed by atoms with E-state index >= 15 is 0 Å². The summed E-state index contributed by atoms with van der Waals surface area (Å²) in [6.45, 7) is 3.62. The van der Waals surface area contributed by atoms with Crippen LogP contribution in [0.1, 0.15) is 23.1 Å². The van der Waals surface area contributed by atoms with Gasteiger partial charge in [-0.3, -0.25) is 9.48 Å². The minimum atomic E-state index is -0.866. The van der Waals surface area contributed by atoms with Gasteiger partial charge in [0.05, 0.1) is 11.8 Å². The van der Waals surface area contributed by atoms with E-state index in [0.29, 0.717) is 16.3 Å². The first kappa shape index (κ1) is 17.3. The third-order valence-electron chi connectivity index (χ3n) is 3.55. The number of ether oxygens (including phenoxy) is 1. The van der Waals surface area contributed by atoms with Crippen molar-refractivity contribution in [1.29, 1.82) is 0 Å². The van der Waals surface area contributed by atoms with E-state index in [1.807, 2.05) is 20.9 Å². The van der Waals surface area contributed by atoms with Gasteiger partial charge in [0.15, 0.2) is 12.4 Å². The van der Waals surface area contributed by atoms with Gasteiger partial charge in [0.2, 0.25) is 0 Å². The first-order valence-electron chi connectivity index (χ1n) is 7.22. The standard InChI is InChI=1S/C16H20ClN3O3/c1-10-16(11(2)20(3)19-10)23-9-15(22)18-8-14(21)12-6-4-5-7-13(12)17/h4-7,14,21H,8-9H2,1-3H3,(H,18,22). The van der Waals surface area contributed by atoms with E-state index in [1.54, 1.807) is 28.9 Å². The Kier molecular flexibility index (Phi) is 5.63. The molecule has 0 aliphatic carbocycles. The molecule has 2 rings (SSSR count). The first-order chi connectivity index (χ1) is 10.9. The summed E-state index contributed by atoms with van der Waals surface area (Å²) in [6.07, 6.45) is -0.866. The van der Waals surface area contributed by atoms with Crippen LogP contribution in [-0.4, -0.2) is 33.9 Å². The summed E-state index contributed by atoms with van der Waals surface area (Å²) in [5, 5.41) is 17.4. The molecule has 124 valence electrons. The van der Waals surface area contributed by atoms with Gasteiger partial charge in [0.25, 0.3) is 5.91 Å². The molecule has 1 aromatic heterocycles. The SMILES string of the molecule is Cc1nn(C)c(C)c1OCC(=O)NCC(O)c1ccccc1Cl. The molecule has 1 unspecified atom stereocenters. The van der Waals surface area contributed by atoms with Gasteiger partial charge in [-0.15, -0.1) is 0 Å². The fourth-order valence-electron chi connectivity index (χ4n) is 2.22. The molecule has 0 radical (unpaired) electrons. The number of rotatable bonds is 6. The van der Waals surface area contributed by atoms with Crippen LogP contribution < -0.4 is 10.1 Å². The molecule has 0 aliphatic rings. The topological polar surface area (TPSA) is 76.4 Å². The summed E-state index contributed by atoms with van der Waals surface area (Å²) in [7, 11) is 1.81. The maximum Gasteiger partial charge on any atom is 0.258 e. The number of aromatic nitrogens is 2. The zero-order valence-electron chi connectivity index (χ0n) is 13.3. The molecular weight excluding hydrogens is 318 g/mol. The number of halogens is 1. The van der Waals surface area contributed by atoms with E-state index in [9.17, 15) is 9.90 Å². The molecule has 2 aromatic rings. The van der Waals surface area contributed by atoms with Crippen LogP contribution in [-0.2, 0) is 11.8 Å². The summed E-state index contributed by atoms with van der Waals surface area (Å²) in [5.41, 5.74) is 2.16. The van der Waals surface area contributed by atoms with Gasteiger partial charge >= 0.3 is 0 Å². The summed E-state index contributed by atoms with van der Waals surface area (Å²) in [5.74, 6) is 0.285. The van der Waals surface area contributed by atoms with Crippen LogP contribution >= 0.6 is 11.6 Å². The molecule has 2 N–H and O–H groups in total. The Labute approximate surface area is 140 Å². The average molecular weight is 338 g/mol. The van der Waals surface area contributed by atoms with Crippen LogP contribution in [0.25, 0.3) is 0 Å². The Morgan fingerprint density at radius 3 is 2.74 bits per heavy atom. The van der Waals surface area contributed by atoms with Crippen LogP contribution in [0.5, 0.6) is 5.75 Å². The number of carbonyl (C=O) groups is 1. The maximum absolute atomic E-state index is 11.9.